The molecule has 4 aromatic carbocycles. The fourth-order valence-electron chi connectivity index (χ4n) is 5.27. The van der Waals surface area contributed by atoms with Crippen molar-refractivity contribution in [2.45, 2.75) is 12.5 Å². The molecule has 0 saturated heterocycles. The molecule has 0 saturated carbocycles. The smallest absolute Gasteiger partial charge is 0.115 e. The Morgan fingerprint density at radius 1 is 0.656 bits per heavy atom. The summed E-state index contributed by atoms with van der Waals surface area (Å²) in [5, 5.41) is 11.3. The first-order valence-corrected chi connectivity index (χ1v) is 10.9. The monoisotopic (exact) mass is 413 g/mol. The Morgan fingerprint density at radius 3 is 1.97 bits per heavy atom. The Kier molecular flexibility index (Phi) is 4.09. The number of allylic oxidation sites excluding steroid dienone is 1. The maximum Gasteiger partial charge on any atom is 0.115 e. The minimum absolute atomic E-state index is 0.274. The molecule has 2 heterocycles. The van der Waals surface area contributed by atoms with E-state index in [1.807, 2.05) is 12.1 Å². The number of aryl methyl sites for hydroxylation is 1. The zero-order chi connectivity index (χ0) is 21.7. The van der Waals surface area contributed by atoms with E-state index >= 15 is 0 Å². The number of phenols is 1. The third-order valence-corrected chi connectivity index (χ3v) is 6.69. The number of hydrogen-bond acceptors (Lipinski definition) is 1. The van der Waals surface area contributed by atoms with Crippen molar-refractivity contribution in [2.75, 3.05) is 0 Å². The second kappa shape index (κ2) is 7.00. The Morgan fingerprint density at radius 2 is 1.25 bits per heavy atom. The van der Waals surface area contributed by atoms with Crippen molar-refractivity contribution in [3.63, 3.8) is 0 Å². The van der Waals surface area contributed by atoms with Crippen molar-refractivity contribution in [1.82, 2.24) is 4.57 Å². The van der Waals surface area contributed by atoms with Crippen LogP contribution in [-0.2, 0) is 5.54 Å². The molecule has 32 heavy (non-hydrogen) atoms. The summed E-state index contributed by atoms with van der Waals surface area (Å²) in [6, 6.07) is 37.6. The van der Waals surface area contributed by atoms with Crippen molar-refractivity contribution in [3.8, 4) is 5.75 Å². The van der Waals surface area contributed by atoms with Gasteiger partial charge in [-0.25, -0.2) is 0 Å². The molecule has 5 aromatic rings. The van der Waals surface area contributed by atoms with Crippen molar-refractivity contribution < 1.29 is 5.11 Å². The third-order valence-electron chi connectivity index (χ3n) is 6.69. The summed E-state index contributed by atoms with van der Waals surface area (Å²) in [4.78, 5) is 0. The van der Waals surface area contributed by atoms with Gasteiger partial charge in [0.25, 0.3) is 0 Å². The molecule has 1 aromatic heterocycles. The second-order valence-corrected chi connectivity index (χ2v) is 8.43. The molecule has 2 heteroatoms. The molecule has 0 radical (unpaired) electrons. The quantitative estimate of drug-likeness (QED) is 0.342. The normalized spacial score (nSPS) is 17.3. The number of rotatable bonds is 3. The van der Waals surface area contributed by atoms with Crippen LogP contribution >= 0.6 is 0 Å². The maximum atomic E-state index is 10.0. The molecule has 1 N–H and O–H groups in total. The molecule has 1 unspecified atom stereocenters. The molecule has 0 fully saturated rings. The van der Waals surface area contributed by atoms with E-state index in [1.165, 1.54) is 38.9 Å². The molecule has 1 atom stereocenters. The summed E-state index contributed by atoms with van der Waals surface area (Å²) in [5.74, 6) is 0.274. The molecule has 0 aliphatic carbocycles. The van der Waals surface area contributed by atoms with Crippen LogP contribution in [-0.4, -0.2) is 9.67 Å². The Bertz CT molecular complexity index is 1460. The SMILES string of the molecule is Cc1c2n(c3ccccc13)C(c1ccccc1)(c1ccc(O)cc1)C=C2c1ccccc1. The number of nitrogens with zero attached hydrogens (tertiary/aromatic N) is 1. The van der Waals surface area contributed by atoms with Crippen molar-refractivity contribution in [1.29, 1.82) is 0 Å². The van der Waals surface area contributed by atoms with Crippen LogP contribution in [0.1, 0.15) is 27.9 Å². The maximum absolute atomic E-state index is 10.0. The molecule has 1 aliphatic heterocycles. The highest BCUT2D eigenvalue weighted by molar-refractivity contribution is 5.97. The van der Waals surface area contributed by atoms with Crippen LogP contribution in [0, 0.1) is 6.92 Å². The molecule has 0 spiro atoms. The number of benzene rings is 4. The van der Waals surface area contributed by atoms with Gasteiger partial charge >= 0.3 is 0 Å². The third kappa shape index (κ3) is 2.53. The lowest BCUT2D eigenvalue weighted by atomic mass is 9.82. The molecular weight excluding hydrogens is 390 g/mol. The lowest BCUT2D eigenvalue weighted by molar-refractivity contribution is 0.474. The van der Waals surface area contributed by atoms with Gasteiger partial charge in [0.2, 0.25) is 0 Å². The van der Waals surface area contributed by atoms with Crippen LogP contribution < -0.4 is 0 Å². The summed E-state index contributed by atoms with van der Waals surface area (Å²) in [6.45, 7) is 2.23. The van der Waals surface area contributed by atoms with Gasteiger partial charge in [-0.3, -0.25) is 0 Å². The number of aromatic nitrogens is 1. The first-order valence-electron chi connectivity index (χ1n) is 10.9. The number of phenolic OH excluding ortho intramolecular Hbond substituents is 1. The van der Waals surface area contributed by atoms with E-state index in [4.69, 9.17) is 0 Å². The fourth-order valence-corrected chi connectivity index (χ4v) is 5.27. The van der Waals surface area contributed by atoms with Gasteiger partial charge in [-0.2, -0.15) is 0 Å². The predicted molar refractivity (Wildman–Crippen MR) is 131 cm³/mol. The molecular formula is C30H23NO. The van der Waals surface area contributed by atoms with Gasteiger partial charge < -0.3 is 9.67 Å². The van der Waals surface area contributed by atoms with Crippen LogP contribution in [0.25, 0.3) is 16.5 Å². The highest BCUT2D eigenvalue weighted by atomic mass is 16.3. The highest BCUT2D eigenvalue weighted by Gasteiger charge is 2.43. The summed E-state index contributed by atoms with van der Waals surface area (Å²) in [7, 11) is 0. The van der Waals surface area contributed by atoms with Gasteiger partial charge in [-0.1, -0.05) is 91.0 Å². The van der Waals surface area contributed by atoms with E-state index in [0.29, 0.717) is 0 Å². The van der Waals surface area contributed by atoms with Gasteiger partial charge in [0.15, 0.2) is 0 Å². The molecule has 154 valence electrons. The summed E-state index contributed by atoms with van der Waals surface area (Å²) in [6.07, 6.45) is 2.40. The van der Waals surface area contributed by atoms with Crippen LogP contribution in [0.4, 0.5) is 0 Å². The largest absolute Gasteiger partial charge is 0.508 e. The molecule has 0 bridgehead atoms. The Labute approximate surface area is 187 Å². The van der Waals surface area contributed by atoms with Gasteiger partial charge in [-0.05, 0) is 53.5 Å². The number of para-hydroxylation sites is 1. The van der Waals surface area contributed by atoms with Crippen LogP contribution in [0.2, 0.25) is 0 Å². The van der Waals surface area contributed by atoms with Crippen LogP contribution in [0.3, 0.4) is 0 Å². The average Bonchev–Trinajstić information content (AvgIpc) is 3.36. The minimum atomic E-state index is -0.524. The van der Waals surface area contributed by atoms with Crippen molar-refractivity contribution >= 4 is 16.5 Å². The Balaban J connectivity index is 1.80. The standard InChI is InChI=1S/C30H23NO/c1-21-26-14-8-9-15-28(26)31-29(21)27(22-10-4-2-5-11-22)20-30(31,23-12-6-3-7-13-23)24-16-18-25(32)19-17-24/h2-20,32H,1H3. The summed E-state index contributed by atoms with van der Waals surface area (Å²) >= 11 is 0. The second-order valence-electron chi connectivity index (χ2n) is 8.43. The van der Waals surface area contributed by atoms with E-state index in [2.05, 4.69) is 102 Å². The van der Waals surface area contributed by atoms with E-state index in [1.54, 1.807) is 12.1 Å². The minimum Gasteiger partial charge on any atom is -0.508 e. The lowest BCUT2D eigenvalue weighted by Crippen LogP contribution is -2.32. The first kappa shape index (κ1) is 18.7. The van der Waals surface area contributed by atoms with E-state index in [0.717, 1.165) is 5.56 Å². The zero-order valence-electron chi connectivity index (χ0n) is 17.9. The van der Waals surface area contributed by atoms with E-state index in [-0.39, 0.29) is 5.75 Å². The molecule has 2 nitrogen and oxygen atoms in total. The zero-order valence-corrected chi connectivity index (χ0v) is 17.9. The lowest BCUT2D eigenvalue weighted by Gasteiger charge is -2.33. The first-order chi connectivity index (χ1) is 15.7. The van der Waals surface area contributed by atoms with Gasteiger partial charge in [0.05, 0.1) is 11.2 Å². The predicted octanol–water partition coefficient (Wildman–Crippen LogP) is 6.89. The Hall–Kier alpha value is -4.04. The highest BCUT2D eigenvalue weighted by Crippen LogP contribution is 2.50. The van der Waals surface area contributed by atoms with Gasteiger partial charge in [0, 0.05) is 11.0 Å². The topological polar surface area (TPSA) is 25.2 Å². The molecule has 6 rings (SSSR count). The fraction of sp³-hybridized carbons (Fsp3) is 0.0667. The number of hydrogen-bond donors (Lipinski definition) is 1. The van der Waals surface area contributed by atoms with E-state index < -0.39 is 5.54 Å². The molecule has 1 aliphatic rings. The van der Waals surface area contributed by atoms with Crippen LogP contribution in [0.15, 0.2) is 115 Å². The van der Waals surface area contributed by atoms with Crippen LogP contribution in [0.5, 0.6) is 5.75 Å². The number of fused-ring (bicyclic) bond motifs is 3. The summed E-state index contributed by atoms with van der Waals surface area (Å²) < 4.78 is 2.49. The van der Waals surface area contributed by atoms with Gasteiger partial charge in [-0.15, -0.1) is 0 Å². The number of aromatic hydroxyl groups is 1. The van der Waals surface area contributed by atoms with Gasteiger partial charge in [0.1, 0.15) is 11.3 Å². The van der Waals surface area contributed by atoms with Crippen molar-refractivity contribution in [3.05, 3.63) is 143 Å². The average molecular weight is 414 g/mol. The van der Waals surface area contributed by atoms with E-state index in [9.17, 15) is 5.11 Å². The van der Waals surface area contributed by atoms with Crippen molar-refractivity contribution in [2.24, 2.45) is 0 Å². The summed E-state index contributed by atoms with van der Waals surface area (Å²) in [5.41, 5.74) is 7.96. The molecule has 0 amide bonds.